The number of anilines is 1. The molecule has 1 aromatic rings. The van der Waals surface area contributed by atoms with E-state index in [0.29, 0.717) is 11.9 Å². The van der Waals surface area contributed by atoms with Gasteiger partial charge >= 0.3 is 0 Å². The summed E-state index contributed by atoms with van der Waals surface area (Å²) in [6.45, 7) is 5.99. The van der Waals surface area contributed by atoms with Crippen LogP contribution in [0.4, 0.5) is 5.69 Å². The van der Waals surface area contributed by atoms with Gasteiger partial charge < -0.3 is 16.0 Å². The van der Waals surface area contributed by atoms with Gasteiger partial charge in [0.25, 0.3) is 0 Å². The van der Waals surface area contributed by atoms with Crippen LogP contribution >= 0.6 is 39.9 Å². The SMILES string of the molecule is CCCNC(N)=NCC1CCN(c2ccc(Br)cc2)C1.I. The van der Waals surface area contributed by atoms with E-state index in [1.54, 1.807) is 0 Å². The van der Waals surface area contributed by atoms with Crippen molar-refractivity contribution in [3.63, 3.8) is 0 Å². The Bertz CT molecular complexity index is 449. The number of hydrogen-bond donors (Lipinski definition) is 2. The van der Waals surface area contributed by atoms with Gasteiger partial charge in [-0.25, -0.2) is 0 Å². The number of aliphatic imine (C=N–C) groups is 1. The molecule has 21 heavy (non-hydrogen) atoms. The molecule has 0 bridgehead atoms. The maximum Gasteiger partial charge on any atom is 0.188 e. The number of nitrogens with two attached hydrogens (primary N) is 1. The Kier molecular flexibility index (Phi) is 8.39. The largest absolute Gasteiger partial charge is 0.371 e. The molecule has 6 heteroatoms. The molecule has 1 unspecified atom stereocenters. The number of benzene rings is 1. The van der Waals surface area contributed by atoms with Crippen LogP contribution in [0.2, 0.25) is 0 Å². The van der Waals surface area contributed by atoms with E-state index in [0.717, 1.165) is 37.1 Å². The standard InChI is InChI=1S/C15H23BrN4.HI/c1-2-8-18-15(17)19-10-12-7-9-20(11-12)14-5-3-13(16)4-6-14;/h3-6,12H,2,7-11H2,1H3,(H3,17,18,19);1H. The summed E-state index contributed by atoms with van der Waals surface area (Å²) in [6.07, 6.45) is 2.25. The Labute approximate surface area is 152 Å². The number of rotatable bonds is 5. The van der Waals surface area contributed by atoms with Crippen LogP contribution in [-0.2, 0) is 0 Å². The quantitative estimate of drug-likeness (QED) is 0.398. The first-order valence-electron chi connectivity index (χ1n) is 7.23. The van der Waals surface area contributed by atoms with Crippen molar-refractivity contribution >= 4 is 51.6 Å². The summed E-state index contributed by atoms with van der Waals surface area (Å²) in [5.74, 6) is 1.18. The molecule has 1 aliphatic heterocycles. The number of nitrogens with one attached hydrogen (secondary N) is 1. The van der Waals surface area contributed by atoms with Gasteiger partial charge in [0.2, 0.25) is 0 Å². The van der Waals surface area contributed by atoms with Gasteiger partial charge in [0, 0.05) is 36.3 Å². The Morgan fingerprint density at radius 2 is 2.14 bits per heavy atom. The average Bonchev–Trinajstić information content (AvgIpc) is 2.92. The highest BCUT2D eigenvalue weighted by molar-refractivity contribution is 14.0. The van der Waals surface area contributed by atoms with Gasteiger partial charge in [0.15, 0.2) is 5.96 Å². The van der Waals surface area contributed by atoms with E-state index in [2.05, 4.69) is 62.3 Å². The fourth-order valence-electron chi connectivity index (χ4n) is 2.40. The molecule has 2 rings (SSSR count). The molecule has 0 aromatic heterocycles. The van der Waals surface area contributed by atoms with Crippen molar-refractivity contribution in [3.8, 4) is 0 Å². The minimum atomic E-state index is 0. The van der Waals surface area contributed by atoms with Crippen molar-refractivity contribution in [2.75, 3.05) is 31.1 Å². The minimum Gasteiger partial charge on any atom is -0.371 e. The summed E-state index contributed by atoms with van der Waals surface area (Å²) in [5.41, 5.74) is 7.11. The van der Waals surface area contributed by atoms with Gasteiger partial charge in [-0.15, -0.1) is 24.0 Å². The van der Waals surface area contributed by atoms with Crippen molar-refractivity contribution < 1.29 is 0 Å². The topological polar surface area (TPSA) is 53.6 Å². The molecule has 1 fully saturated rings. The van der Waals surface area contributed by atoms with E-state index in [1.165, 1.54) is 12.1 Å². The van der Waals surface area contributed by atoms with Gasteiger partial charge in [-0.05, 0) is 43.0 Å². The Morgan fingerprint density at radius 1 is 1.43 bits per heavy atom. The van der Waals surface area contributed by atoms with Gasteiger partial charge in [-0.3, -0.25) is 4.99 Å². The Morgan fingerprint density at radius 3 is 2.81 bits per heavy atom. The van der Waals surface area contributed by atoms with Crippen molar-refractivity contribution in [3.05, 3.63) is 28.7 Å². The van der Waals surface area contributed by atoms with Crippen LogP contribution in [-0.4, -0.2) is 32.1 Å². The lowest BCUT2D eigenvalue weighted by Crippen LogP contribution is -2.32. The molecule has 3 N–H and O–H groups in total. The molecular weight excluding hydrogens is 443 g/mol. The molecule has 0 saturated carbocycles. The molecule has 0 spiro atoms. The second kappa shape index (κ2) is 9.50. The van der Waals surface area contributed by atoms with E-state index < -0.39 is 0 Å². The number of hydrogen-bond acceptors (Lipinski definition) is 2. The molecule has 1 heterocycles. The molecule has 1 atom stereocenters. The number of nitrogens with zero attached hydrogens (tertiary/aromatic N) is 2. The zero-order chi connectivity index (χ0) is 14.4. The van der Waals surface area contributed by atoms with E-state index in [4.69, 9.17) is 5.73 Å². The lowest BCUT2D eigenvalue weighted by atomic mass is 10.1. The van der Waals surface area contributed by atoms with Crippen LogP contribution < -0.4 is 16.0 Å². The van der Waals surface area contributed by atoms with Gasteiger partial charge in [0.1, 0.15) is 0 Å². The molecule has 1 saturated heterocycles. The normalized spacial score (nSPS) is 18.5. The monoisotopic (exact) mass is 466 g/mol. The molecule has 0 radical (unpaired) electrons. The third-order valence-corrected chi connectivity index (χ3v) is 4.08. The smallest absolute Gasteiger partial charge is 0.188 e. The van der Waals surface area contributed by atoms with Gasteiger partial charge in [-0.1, -0.05) is 22.9 Å². The minimum absolute atomic E-state index is 0. The molecule has 0 amide bonds. The van der Waals surface area contributed by atoms with Gasteiger partial charge in [-0.2, -0.15) is 0 Å². The van der Waals surface area contributed by atoms with Crippen LogP contribution in [0.5, 0.6) is 0 Å². The molecule has 1 aromatic carbocycles. The van der Waals surface area contributed by atoms with Crippen molar-refractivity contribution in [2.45, 2.75) is 19.8 Å². The number of guanidine groups is 1. The second-order valence-corrected chi connectivity index (χ2v) is 6.15. The highest BCUT2D eigenvalue weighted by Gasteiger charge is 2.22. The molecule has 1 aliphatic rings. The Balaban J connectivity index is 0.00000220. The van der Waals surface area contributed by atoms with Crippen molar-refractivity contribution in [1.29, 1.82) is 0 Å². The summed E-state index contributed by atoms with van der Waals surface area (Å²) >= 11 is 3.47. The summed E-state index contributed by atoms with van der Waals surface area (Å²) in [6, 6.07) is 8.50. The van der Waals surface area contributed by atoms with E-state index in [1.807, 2.05) is 0 Å². The molecular formula is C15H24BrIN4. The maximum atomic E-state index is 5.82. The zero-order valence-corrected chi connectivity index (χ0v) is 16.3. The first-order chi connectivity index (χ1) is 9.69. The van der Waals surface area contributed by atoms with Crippen LogP contribution in [0.25, 0.3) is 0 Å². The highest BCUT2D eigenvalue weighted by atomic mass is 127. The maximum absolute atomic E-state index is 5.82. The van der Waals surface area contributed by atoms with Crippen molar-refractivity contribution in [1.82, 2.24) is 5.32 Å². The first kappa shape index (κ1) is 18.5. The average molecular weight is 467 g/mol. The predicted molar refractivity (Wildman–Crippen MR) is 105 cm³/mol. The van der Waals surface area contributed by atoms with E-state index >= 15 is 0 Å². The fourth-order valence-corrected chi connectivity index (χ4v) is 2.67. The zero-order valence-electron chi connectivity index (χ0n) is 12.4. The van der Waals surface area contributed by atoms with Crippen LogP contribution in [0.15, 0.2) is 33.7 Å². The lowest BCUT2D eigenvalue weighted by Gasteiger charge is -2.18. The molecule has 4 nitrogen and oxygen atoms in total. The highest BCUT2D eigenvalue weighted by Crippen LogP contribution is 2.25. The molecule has 118 valence electrons. The summed E-state index contributed by atoms with van der Waals surface area (Å²) in [4.78, 5) is 6.85. The van der Waals surface area contributed by atoms with Crippen LogP contribution in [0.1, 0.15) is 19.8 Å². The summed E-state index contributed by atoms with van der Waals surface area (Å²) < 4.78 is 1.12. The predicted octanol–water partition coefficient (Wildman–Crippen LogP) is 3.21. The Hall–Kier alpha value is -0.500. The summed E-state index contributed by atoms with van der Waals surface area (Å²) in [7, 11) is 0. The first-order valence-corrected chi connectivity index (χ1v) is 8.02. The third kappa shape index (κ3) is 6.02. The number of halogens is 2. The van der Waals surface area contributed by atoms with Crippen LogP contribution in [0.3, 0.4) is 0 Å². The lowest BCUT2D eigenvalue weighted by molar-refractivity contribution is 0.601. The summed E-state index contributed by atoms with van der Waals surface area (Å²) in [5, 5.41) is 3.11. The van der Waals surface area contributed by atoms with Crippen LogP contribution in [0, 0.1) is 5.92 Å². The second-order valence-electron chi connectivity index (χ2n) is 5.23. The third-order valence-electron chi connectivity index (χ3n) is 3.55. The van der Waals surface area contributed by atoms with E-state index in [9.17, 15) is 0 Å². The van der Waals surface area contributed by atoms with Crippen molar-refractivity contribution in [2.24, 2.45) is 16.6 Å². The fraction of sp³-hybridized carbons (Fsp3) is 0.533. The van der Waals surface area contributed by atoms with Gasteiger partial charge in [0.05, 0.1) is 0 Å². The molecule has 0 aliphatic carbocycles. The van der Waals surface area contributed by atoms with E-state index in [-0.39, 0.29) is 24.0 Å².